The molecule has 0 radical (unpaired) electrons. The Balaban J connectivity index is 0.000000424. The molecule has 0 atom stereocenters. The van der Waals surface area contributed by atoms with E-state index in [-0.39, 0.29) is 5.34 Å². The van der Waals surface area contributed by atoms with Gasteiger partial charge in [0.2, 0.25) is 0 Å². The average Bonchev–Trinajstić information content (AvgIpc) is 2.05. The van der Waals surface area contributed by atoms with Gasteiger partial charge in [-0.05, 0) is 46.3 Å². The van der Waals surface area contributed by atoms with Gasteiger partial charge in [0.1, 0.15) is 0 Å². The average molecular weight is 351 g/mol. The molecule has 0 aliphatic rings. The molecule has 5 heteroatoms. The first-order valence-electron chi connectivity index (χ1n) is 3.19. The summed E-state index contributed by atoms with van der Waals surface area (Å²) in [6.45, 7) is 0. The molecule has 0 N–H and O–H groups in total. The lowest BCUT2D eigenvalue weighted by Crippen LogP contribution is -1.87. The van der Waals surface area contributed by atoms with E-state index < -0.39 is 5.24 Å². The summed E-state index contributed by atoms with van der Waals surface area (Å²) in [5.74, 6) is 0. The zero-order chi connectivity index (χ0) is 10.3. The molecule has 1 nitrogen and oxygen atoms in total. The monoisotopic (exact) mass is 350 g/mol. The Kier molecular flexibility index (Phi) is 8.15. The third kappa shape index (κ3) is 6.55. The molecule has 1 rings (SSSR count). The summed E-state index contributed by atoms with van der Waals surface area (Å²) >= 11 is 16.9. The van der Waals surface area contributed by atoms with Gasteiger partial charge in [0.15, 0.2) is 0 Å². The first-order chi connectivity index (χ1) is 6.11. The molecule has 0 spiro atoms. The Morgan fingerprint density at radius 2 is 1.92 bits per heavy atom. The number of benzene rings is 1. The molecule has 1 aromatic rings. The second kappa shape index (κ2) is 7.85. The molecule has 0 heterocycles. The normalized spacial score (nSPS) is 8.62. The highest BCUT2D eigenvalue weighted by molar-refractivity contribution is 14.1. The Hall–Kier alpha value is 0.490. The van der Waals surface area contributed by atoms with Crippen LogP contribution in [-0.4, -0.2) is 10.6 Å². The van der Waals surface area contributed by atoms with Crippen LogP contribution in [0.5, 0.6) is 0 Å². The van der Waals surface area contributed by atoms with Crippen LogP contribution in [0.25, 0.3) is 0 Å². The van der Waals surface area contributed by atoms with Gasteiger partial charge in [-0.3, -0.25) is 4.79 Å². The van der Waals surface area contributed by atoms with E-state index in [1.54, 1.807) is 18.2 Å². The van der Waals surface area contributed by atoms with Gasteiger partial charge in [-0.2, -0.15) is 0 Å². The van der Waals surface area contributed by atoms with E-state index in [1.807, 2.05) is 6.07 Å². The first kappa shape index (κ1) is 13.5. The SMILES string of the molecule is ClCCl.O=C(Cl)c1cccc(I)c1. The smallest absolute Gasteiger partial charge is 0.252 e. The molecule has 0 aliphatic carbocycles. The molecule has 0 aromatic heterocycles. The summed E-state index contributed by atoms with van der Waals surface area (Å²) in [5.41, 5.74) is 0.550. The van der Waals surface area contributed by atoms with Crippen molar-refractivity contribution in [2.24, 2.45) is 0 Å². The second-order valence-electron chi connectivity index (χ2n) is 1.89. The zero-order valence-corrected chi connectivity index (χ0v) is 10.9. The van der Waals surface area contributed by atoms with Crippen LogP contribution in [-0.2, 0) is 0 Å². The van der Waals surface area contributed by atoms with Gasteiger partial charge in [0, 0.05) is 9.13 Å². The van der Waals surface area contributed by atoms with Crippen LogP contribution in [0.2, 0.25) is 0 Å². The van der Waals surface area contributed by atoms with Crippen LogP contribution in [0.15, 0.2) is 24.3 Å². The number of hydrogen-bond donors (Lipinski definition) is 0. The zero-order valence-electron chi connectivity index (χ0n) is 6.44. The summed E-state index contributed by atoms with van der Waals surface area (Å²) in [7, 11) is 0. The van der Waals surface area contributed by atoms with E-state index in [1.165, 1.54) is 0 Å². The highest BCUT2D eigenvalue weighted by atomic mass is 127. The maximum absolute atomic E-state index is 10.6. The number of carbonyl (C=O) groups is 1. The number of carbonyl (C=O) groups excluding carboxylic acids is 1. The molecule has 72 valence electrons. The Labute approximate surface area is 106 Å². The number of hydrogen-bond acceptors (Lipinski definition) is 1. The van der Waals surface area contributed by atoms with Crippen molar-refractivity contribution in [3.63, 3.8) is 0 Å². The van der Waals surface area contributed by atoms with Crippen molar-refractivity contribution >= 4 is 62.6 Å². The summed E-state index contributed by atoms with van der Waals surface area (Å²) in [4.78, 5) is 10.6. The Morgan fingerprint density at radius 3 is 2.23 bits per heavy atom. The molecule has 0 amide bonds. The fourth-order valence-corrected chi connectivity index (χ4v) is 1.27. The molecule has 0 saturated heterocycles. The minimum absolute atomic E-state index is 0.194. The molecule has 1 aromatic carbocycles. The lowest BCUT2D eigenvalue weighted by Gasteiger charge is -1.92. The predicted octanol–water partition coefficient (Wildman–Crippen LogP) is 4.09. The van der Waals surface area contributed by atoms with Gasteiger partial charge < -0.3 is 0 Å². The van der Waals surface area contributed by atoms with Crippen molar-refractivity contribution in [2.45, 2.75) is 0 Å². The van der Waals surface area contributed by atoms with Gasteiger partial charge in [-0.25, -0.2) is 0 Å². The summed E-state index contributed by atoms with van der Waals surface area (Å²) in [6.07, 6.45) is 0. The molecular weight excluding hydrogens is 345 g/mol. The van der Waals surface area contributed by atoms with Crippen LogP contribution >= 0.6 is 57.4 Å². The molecule has 13 heavy (non-hydrogen) atoms. The number of halogens is 4. The quantitative estimate of drug-likeness (QED) is 0.423. The second-order valence-corrected chi connectivity index (χ2v) is 4.28. The molecule has 0 bridgehead atoms. The third-order valence-electron chi connectivity index (χ3n) is 1.05. The van der Waals surface area contributed by atoms with Crippen LogP contribution in [0.4, 0.5) is 0 Å². The van der Waals surface area contributed by atoms with Gasteiger partial charge in [-0.1, -0.05) is 12.1 Å². The molecule has 0 fully saturated rings. The van der Waals surface area contributed by atoms with Gasteiger partial charge in [-0.15, -0.1) is 23.2 Å². The maximum atomic E-state index is 10.6. The van der Waals surface area contributed by atoms with Crippen molar-refractivity contribution in [1.82, 2.24) is 0 Å². The van der Waals surface area contributed by atoms with Crippen LogP contribution in [0, 0.1) is 3.57 Å². The third-order valence-corrected chi connectivity index (χ3v) is 1.94. The molecule has 0 unspecified atom stereocenters. The lowest BCUT2D eigenvalue weighted by molar-refractivity contribution is 0.108. The van der Waals surface area contributed by atoms with Crippen molar-refractivity contribution in [1.29, 1.82) is 0 Å². The standard InChI is InChI=1S/C7H4ClIO.CH2Cl2/c8-7(10)5-2-1-3-6(9)4-5;2-1-3/h1-4H;1H2. The first-order valence-corrected chi connectivity index (χ1v) is 5.71. The van der Waals surface area contributed by atoms with Crippen LogP contribution < -0.4 is 0 Å². The topological polar surface area (TPSA) is 17.1 Å². The van der Waals surface area contributed by atoms with Gasteiger partial charge in [0.25, 0.3) is 5.24 Å². The van der Waals surface area contributed by atoms with Crippen LogP contribution in [0.1, 0.15) is 10.4 Å². The summed E-state index contributed by atoms with van der Waals surface area (Å²) < 4.78 is 1.02. The number of alkyl halides is 2. The summed E-state index contributed by atoms with van der Waals surface area (Å²) in [6, 6.07) is 7.15. The van der Waals surface area contributed by atoms with Gasteiger partial charge >= 0.3 is 0 Å². The van der Waals surface area contributed by atoms with Crippen molar-refractivity contribution in [3.05, 3.63) is 33.4 Å². The van der Waals surface area contributed by atoms with Crippen molar-refractivity contribution in [2.75, 3.05) is 5.34 Å². The minimum Gasteiger partial charge on any atom is -0.276 e. The van der Waals surface area contributed by atoms with E-state index in [4.69, 9.17) is 34.8 Å². The van der Waals surface area contributed by atoms with Crippen molar-refractivity contribution < 1.29 is 4.79 Å². The van der Waals surface area contributed by atoms with E-state index in [2.05, 4.69) is 22.6 Å². The van der Waals surface area contributed by atoms with E-state index in [0.717, 1.165) is 3.57 Å². The highest BCUT2D eigenvalue weighted by Crippen LogP contribution is 2.09. The van der Waals surface area contributed by atoms with E-state index >= 15 is 0 Å². The van der Waals surface area contributed by atoms with Gasteiger partial charge in [0.05, 0.1) is 5.34 Å². The lowest BCUT2D eigenvalue weighted by atomic mass is 10.2. The highest BCUT2D eigenvalue weighted by Gasteiger charge is 1.99. The largest absolute Gasteiger partial charge is 0.276 e. The number of rotatable bonds is 1. The van der Waals surface area contributed by atoms with Crippen molar-refractivity contribution in [3.8, 4) is 0 Å². The molecular formula is C8H6Cl3IO. The van der Waals surface area contributed by atoms with E-state index in [0.29, 0.717) is 5.56 Å². The maximum Gasteiger partial charge on any atom is 0.252 e. The summed E-state index contributed by atoms with van der Waals surface area (Å²) in [5, 5.41) is -0.210. The fraction of sp³-hybridized carbons (Fsp3) is 0.125. The fourth-order valence-electron chi connectivity index (χ4n) is 0.611. The Bertz CT molecular complexity index is 278. The molecule has 0 aliphatic heterocycles. The molecule has 0 saturated carbocycles. The van der Waals surface area contributed by atoms with E-state index in [9.17, 15) is 4.79 Å². The van der Waals surface area contributed by atoms with Crippen LogP contribution in [0.3, 0.4) is 0 Å². The Morgan fingerprint density at radius 1 is 1.38 bits per heavy atom. The predicted molar refractivity (Wildman–Crippen MR) is 65.9 cm³/mol. The minimum atomic E-state index is -0.404.